The molecule has 0 radical (unpaired) electrons. The summed E-state index contributed by atoms with van der Waals surface area (Å²) in [6.07, 6.45) is 6.29. The van der Waals surface area contributed by atoms with Gasteiger partial charge in [-0.25, -0.2) is 0 Å². The molecule has 3 aromatic carbocycles. The molecule has 16 heteroatoms. The highest BCUT2D eigenvalue weighted by Crippen LogP contribution is 2.38. The van der Waals surface area contributed by atoms with Crippen LogP contribution in [-0.2, 0) is 75.9 Å². The maximum absolute atomic E-state index is 13.0. The molecular formula is C62H69ClF3N9O3. The second kappa shape index (κ2) is 22.0. The van der Waals surface area contributed by atoms with Gasteiger partial charge >= 0.3 is 6.18 Å². The fraction of sp³-hybridized carbons (Fsp3) is 0.371. The van der Waals surface area contributed by atoms with Crippen molar-refractivity contribution >= 4 is 44.3 Å². The molecule has 9 aromatic rings. The number of benzene rings is 3. The van der Waals surface area contributed by atoms with Crippen LogP contribution in [0.4, 0.5) is 13.2 Å². The molecule has 78 heavy (non-hydrogen) atoms. The van der Waals surface area contributed by atoms with E-state index in [1.54, 1.807) is 24.8 Å². The zero-order valence-electron chi connectivity index (χ0n) is 45.5. The third-order valence-corrected chi connectivity index (χ3v) is 16.2. The molecule has 0 aliphatic carbocycles. The molecule has 0 saturated carbocycles. The van der Waals surface area contributed by atoms with E-state index in [4.69, 9.17) is 11.6 Å². The van der Waals surface area contributed by atoms with Crippen LogP contribution in [0.3, 0.4) is 0 Å². The van der Waals surface area contributed by atoms with Gasteiger partial charge in [-0.2, -0.15) is 13.2 Å². The molecule has 0 bridgehead atoms. The van der Waals surface area contributed by atoms with Crippen LogP contribution in [0.15, 0.2) is 122 Å². The average Bonchev–Trinajstić information content (AvgIpc) is 4.23. The van der Waals surface area contributed by atoms with Crippen LogP contribution < -0.4 is 0 Å². The normalized spacial score (nSPS) is 17.1. The highest BCUT2D eigenvalue weighted by atomic mass is 35.5. The van der Waals surface area contributed by atoms with E-state index in [2.05, 4.69) is 102 Å². The van der Waals surface area contributed by atoms with Crippen molar-refractivity contribution in [1.82, 2.24) is 43.4 Å². The predicted octanol–water partition coefficient (Wildman–Crippen LogP) is 10.9. The van der Waals surface area contributed by atoms with E-state index < -0.39 is 29.0 Å². The first-order valence-electron chi connectivity index (χ1n) is 26.7. The van der Waals surface area contributed by atoms with Gasteiger partial charge in [0.25, 0.3) is 0 Å². The van der Waals surface area contributed by atoms with Gasteiger partial charge in [0.2, 0.25) is 0 Å². The highest BCUT2D eigenvalue weighted by Gasteiger charge is 2.34. The minimum atomic E-state index is -4.48. The Morgan fingerprint density at radius 3 is 1.40 bits per heavy atom. The summed E-state index contributed by atoms with van der Waals surface area (Å²) in [4.78, 5) is 18.8. The highest BCUT2D eigenvalue weighted by molar-refractivity contribution is 6.31. The van der Waals surface area contributed by atoms with Crippen molar-refractivity contribution in [2.24, 2.45) is 0 Å². The molecule has 0 amide bonds. The van der Waals surface area contributed by atoms with Crippen LogP contribution in [-0.4, -0.2) is 99.4 Å². The van der Waals surface area contributed by atoms with E-state index in [-0.39, 0.29) is 12.1 Å². The summed E-state index contributed by atoms with van der Waals surface area (Å²) in [6, 6.07) is 27.4. The Labute approximate surface area is 459 Å². The predicted molar refractivity (Wildman–Crippen MR) is 302 cm³/mol. The number of aryl methyl sites for hydroxylation is 2. The number of fused-ring (bicyclic) bond motifs is 9. The minimum Gasteiger partial charge on any atom is -0.386 e. The molecule has 12 rings (SSSR count). The Bertz CT molecular complexity index is 3460. The molecule has 0 spiro atoms. The number of halogens is 4. The number of nitrogens with zero attached hydrogens (tertiary/aromatic N) is 9. The number of hydrogen-bond donors (Lipinski definition) is 3. The molecule has 0 fully saturated rings. The van der Waals surface area contributed by atoms with Crippen molar-refractivity contribution < 1.29 is 28.5 Å². The maximum Gasteiger partial charge on any atom is 0.417 e. The number of aromatic nitrogens is 6. The van der Waals surface area contributed by atoms with E-state index >= 15 is 0 Å². The van der Waals surface area contributed by atoms with Gasteiger partial charge in [0.15, 0.2) is 0 Å². The van der Waals surface area contributed by atoms with Crippen molar-refractivity contribution in [2.75, 3.05) is 40.8 Å². The van der Waals surface area contributed by atoms with Gasteiger partial charge in [0.1, 0.15) is 11.2 Å². The number of alkyl halides is 3. The monoisotopic (exact) mass is 1080 g/mol. The van der Waals surface area contributed by atoms with Crippen molar-refractivity contribution in [1.29, 1.82) is 0 Å². The molecule has 6 aromatic heterocycles. The van der Waals surface area contributed by atoms with Crippen LogP contribution in [0.1, 0.15) is 87.1 Å². The molecule has 408 valence electrons. The van der Waals surface area contributed by atoms with Gasteiger partial charge in [-0.3, -0.25) is 15.0 Å². The number of aliphatic hydroxyl groups excluding tert-OH is 1. The van der Waals surface area contributed by atoms with Gasteiger partial charge in [-0.15, -0.1) is 0 Å². The molecule has 3 N–H and O–H groups in total. The number of aliphatic hydroxyl groups is 3. The first kappa shape index (κ1) is 54.9. The molecule has 3 atom stereocenters. The SMILES string of the molecule is CN1CCc2c(c3cc(Cl)ccc3n2CC(C)(O)c2ccncc2)C1.Cc1ccc2c(c1)c1c(n2CC(C)(O)c2ccncc2)CCN(C)C1.Cc1ccc2c(c1)c1c(n2CC(O)c2cncc(C(F)(F)F)c2)CCN(C)C1. The number of rotatable bonds is 9. The Morgan fingerprint density at radius 1 is 0.538 bits per heavy atom. The standard InChI is InChI=1S/C21H22F3N3O.C21H25N3O.C20H22ClN3O/c1-13-3-4-18-16(7-13)17-11-26(2)6-5-19(17)27(18)12-20(28)14-8-15(10-25-9-14)21(22,23)24;1-15-4-5-19-17(12-15)18-13-23(3)11-8-20(18)24(19)14-21(2,25)16-6-9-22-10-7-16;1-20(25,14-5-8-22-9-6-14)13-24-18-4-3-15(21)11-16(18)17-12-23(2)10-7-19(17)24/h3-4,7-10,20,28H,5-6,11-12H2,1-2H3;4-7,9-10,12,25H,8,11,13-14H2,1-3H3;3-6,8-9,11,25H,7,10,12-13H2,1-2H3. The molecular weight excluding hydrogens is 1010 g/mol. The van der Waals surface area contributed by atoms with Crippen molar-refractivity contribution in [3.63, 3.8) is 0 Å². The van der Waals surface area contributed by atoms with Crippen LogP contribution in [0.5, 0.6) is 0 Å². The van der Waals surface area contributed by atoms with Crippen molar-refractivity contribution in [3.05, 3.63) is 194 Å². The van der Waals surface area contributed by atoms with E-state index in [0.29, 0.717) is 13.1 Å². The molecule has 3 aliphatic heterocycles. The largest absolute Gasteiger partial charge is 0.417 e. The van der Waals surface area contributed by atoms with Gasteiger partial charge in [-0.05, 0) is 149 Å². The van der Waals surface area contributed by atoms with Crippen LogP contribution in [0.2, 0.25) is 5.02 Å². The molecule has 0 saturated heterocycles. The summed E-state index contributed by atoms with van der Waals surface area (Å²) in [5.74, 6) is 0. The molecule has 9 heterocycles. The topological polar surface area (TPSA) is 124 Å². The Morgan fingerprint density at radius 2 is 0.949 bits per heavy atom. The first-order valence-corrected chi connectivity index (χ1v) is 27.1. The summed E-state index contributed by atoms with van der Waals surface area (Å²) in [5.41, 5.74) is 12.8. The van der Waals surface area contributed by atoms with Crippen LogP contribution in [0, 0.1) is 13.8 Å². The second-order valence-corrected chi connectivity index (χ2v) is 22.7. The van der Waals surface area contributed by atoms with Gasteiger partial charge in [-0.1, -0.05) is 34.9 Å². The summed E-state index contributed by atoms with van der Waals surface area (Å²) in [5, 5.41) is 37.4. The van der Waals surface area contributed by atoms with Gasteiger partial charge < -0.3 is 43.7 Å². The summed E-state index contributed by atoms with van der Waals surface area (Å²) < 4.78 is 45.6. The smallest absolute Gasteiger partial charge is 0.386 e. The Hall–Kier alpha value is -6.43. The first-order chi connectivity index (χ1) is 37.1. The lowest BCUT2D eigenvalue weighted by molar-refractivity contribution is -0.137. The van der Waals surface area contributed by atoms with E-state index in [9.17, 15) is 28.5 Å². The lowest BCUT2D eigenvalue weighted by atomic mass is 9.96. The minimum absolute atomic E-state index is 0.172. The number of likely N-dealkylation sites (N-methyl/N-ethyl adjacent to an activating group) is 3. The van der Waals surface area contributed by atoms with Gasteiger partial charge in [0, 0.05) is 156 Å². The number of pyridine rings is 3. The maximum atomic E-state index is 13.0. The lowest BCUT2D eigenvalue weighted by Crippen LogP contribution is -2.31. The average molecular weight is 1080 g/mol. The third-order valence-electron chi connectivity index (χ3n) is 16.0. The Balaban J connectivity index is 0.000000133. The van der Waals surface area contributed by atoms with E-state index in [1.165, 1.54) is 56.1 Å². The molecule has 3 unspecified atom stereocenters. The number of hydrogen-bond acceptors (Lipinski definition) is 9. The summed E-state index contributed by atoms with van der Waals surface area (Å²) in [6.45, 7) is 14.9. The van der Waals surface area contributed by atoms with Crippen LogP contribution >= 0.6 is 11.6 Å². The summed E-state index contributed by atoms with van der Waals surface area (Å²) >= 11 is 6.26. The van der Waals surface area contributed by atoms with Crippen molar-refractivity contribution in [3.8, 4) is 0 Å². The molecule has 12 nitrogen and oxygen atoms in total. The quantitative estimate of drug-likeness (QED) is 0.130. The fourth-order valence-electron chi connectivity index (χ4n) is 11.8. The fourth-order valence-corrected chi connectivity index (χ4v) is 12.0. The summed E-state index contributed by atoms with van der Waals surface area (Å²) in [7, 11) is 6.39. The second-order valence-electron chi connectivity index (χ2n) is 22.3. The zero-order valence-corrected chi connectivity index (χ0v) is 46.2. The van der Waals surface area contributed by atoms with Crippen molar-refractivity contribution in [2.45, 2.75) is 110 Å². The third kappa shape index (κ3) is 11.4. The van der Waals surface area contributed by atoms with E-state index in [1.807, 2.05) is 69.3 Å². The van der Waals surface area contributed by atoms with Crippen LogP contribution in [0.25, 0.3) is 32.7 Å². The zero-order chi connectivity index (χ0) is 55.3. The van der Waals surface area contributed by atoms with E-state index in [0.717, 1.165) is 115 Å². The molecule has 3 aliphatic rings. The van der Waals surface area contributed by atoms with Gasteiger partial charge in [0.05, 0.1) is 31.3 Å². The lowest BCUT2D eigenvalue weighted by Gasteiger charge is -2.28. The Kier molecular flexibility index (Phi) is 15.5.